The van der Waals surface area contributed by atoms with Crippen molar-refractivity contribution in [3.8, 4) is 0 Å². The normalized spacial score (nSPS) is 27.2. The fourth-order valence-corrected chi connectivity index (χ4v) is 0.861. The first-order chi connectivity index (χ1) is 4.33. The average molecular weight is 126 g/mol. The molecule has 0 aromatic rings. The molecule has 2 heteroatoms. The maximum absolute atomic E-state index is 10.2. The molecule has 1 heterocycles. The Balaban J connectivity index is 2.48. The lowest BCUT2D eigenvalue weighted by atomic mass is 10.1. The van der Waals surface area contributed by atoms with Crippen molar-refractivity contribution in [2.75, 3.05) is 6.61 Å². The van der Waals surface area contributed by atoms with Gasteiger partial charge in [0, 0.05) is 6.42 Å². The molecule has 9 heavy (non-hydrogen) atoms. The molecule has 1 aliphatic rings. The lowest BCUT2D eigenvalue weighted by Gasteiger charge is -2.15. The van der Waals surface area contributed by atoms with Gasteiger partial charge in [-0.15, -0.1) is 0 Å². The van der Waals surface area contributed by atoms with E-state index in [2.05, 4.69) is 0 Å². The first-order valence-corrected chi connectivity index (χ1v) is 3.05. The standard InChI is InChI=1S/C7H10O2/c1-6-2-3-9-7(4-6)5-8/h2,5,7H,3-4H2,1H3/t7-/m1/s1. The van der Waals surface area contributed by atoms with Crippen LogP contribution in [0.25, 0.3) is 0 Å². The molecule has 0 saturated heterocycles. The number of ether oxygens (including phenoxy) is 1. The van der Waals surface area contributed by atoms with Gasteiger partial charge in [-0.3, -0.25) is 0 Å². The van der Waals surface area contributed by atoms with Gasteiger partial charge in [0.15, 0.2) is 0 Å². The minimum atomic E-state index is -0.185. The second-order valence-corrected chi connectivity index (χ2v) is 2.26. The number of carbonyl (C=O) groups is 1. The molecule has 0 aromatic carbocycles. The maximum Gasteiger partial charge on any atom is 0.149 e. The van der Waals surface area contributed by atoms with Gasteiger partial charge in [0.25, 0.3) is 0 Å². The van der Waals surface area contributed by atoms with Crippen LogP contribution >= 0.6 is 0 Å². The zero-order chi connectivity index (χ0) is 6.69. The highest BCUT2D eigenvalue weighted by Crippen LogP contribution is 2.11. The molecule has 0 radical (unpaired) electrons. The summed E-state index contributed by atoms with van der Waals surface area (Å²) >= 11 is 0. The van der Waals surface area contributed by atoms with Gasteiger partial charge in [-0.25, -0.2) is 0 Å². The highest BCUT2D eigenvalue weighted by molar-refractivity contribution is 5.57. The Labute approximate surface area is 54.5 Å². The maximum atomic E-state index is 10.2. The third kappa shape index (κ3) is 1.64. The Morgan fingerprint density at radius 2 is 2.67 bits per heavy atom. The fraction of sp³-hybridized carbons (Fsp3) is 0.571. The monoisotopic (exact) mass is 126 g/mol. The third-order valence-electron chi connectivity index (χ3n) is 1.42. The summed E-state index contributed by atoms with van der Waals surface area (Å²) in [4.78, 5) is 10.2. The van der Waals surface area contributed by atoms with Crippen LogP contribution in [-0.4, -0.2) is 19.0 Å². The van der Waals surface area contributed by atoms with Crippen LogP contribution in [-0.2, 0) is 9.53 Å². The van der Waals surface area contributed by atoms with E-state index in [1.165, 1.54) is 5.57 Å². The Morgan fingerprint density at radius 3 is 3.11 bits per heavy atom. The van der Waals surface area contributed by atoms with E-state index in [1.807, 2.05) is 13.0 Å². The number of aldehydes is 1. The van der Waals surface area contributed by atoms with Gasteiger partial charge in [-0.1, -0.05) is 11.6 Å². The van der Waals surface area contributed by atoms with Crippen molar-refractivity contribution in [2.45, 2.75) is 19.4 Å². The molecule has 0 aromatic heterocycles. The van der Waals surface area contributed by atoms with Crippen molar-refractivity contribution in [1.29, 1.82) is 0 Å². The van der Waals surface area contributed by atoms with Gasteiger partial charge in [-0.2, -0.15) is 0 Å². The van der Waals surface area contributed by atoms with Crippen molar-refractivity contribution in [3.05, 3.63) is 11.6 Å². The largest absolute Gasteiger partial charge is 0.366 e. The minimum Gasteiger partial charge on any atom is -0.366 e. The predicted octanol–water partition coefficient (Wildman–Crippen LogP) is 0.920. The van der Waals surface area contributed by atoms with Gasteiger partial charge < -0.3 is 9.53 Å². The van der Waals surface area contributed by atoms with Crippen LogP contribution in [0, 0.1) is 0 Å². The average Bonchev–Trinajstić information content (AvgIpc) is 1.88. The Kier molecular flexibility index (Phi) is 2.01. The summed E-state index contributed by atoms with van der Waals surface area (Å²) < 4.78 is 5.05. The fourth-order valence-electron chi connectivity index (χ4n) is 0.861. The van der Waals surface area contributed by atoms with Crippen LogP contribution < -0.4 is 0 Å². The van der Waals surface area contributed by atoms with Crippen molar-refractivity contribution in [1.82, 2.24) is 0 Å². The van der Waals surface area contributed by atoms with Crippen LogP contribution in [0.15, 0.2) is 11.6 Å². The van der Waals surface area contributed by atoms with Crippen molar-refractivity contribution < 1.29 is 9.53 Å². The molecule has 1 atom stereocenters. The topological polar surface area (TPSA) is 26.3 Å². The zero-order valence-electron chi connectivity index (χ0n) is 5.46. The molecule has 2 nitrogen and oxygen atoms in total. The molecule has 1 rings (SSSR count). The van der Waals surface area contributed by atoms with Gasteiger partial charge in [0.05, 0.1) is 6.61 Å². The summed E-state index contributed by atoms with van der Waals surface area (Å²) in [5.41, 5.74) is 1.25. The molecule has 0 unspecified atom stereocenters. The number of hydrogen-bond acceptors (Lipinski definition) is 2. The van der Waals surface area contributed by atoms with Gasteiger partial charge in [-0.05, 0) is 6.92 Å². The van der Waals surface area contributed by atoms with Crippen molar-refractivity contribution in [3.63, 3.8) is 0 Å². The smallest absolute Gasteiger partial charge is 0.149 e. The lowest BCUT2D eigenvalue weighted by molar-refractivity contribution is -0.117. The third-order valence-corrected chi connectivity index (χ3v) is 1.42. The van der Waals surface area contributed by atoms with E-state index >= 15 is 0 Å². The second-order valence-electron chi connectivity index (χ2n) is 2.26. The van der Waals surface area contributed by atoms with E-state index in [0.717, 1.165) is 12.7 Å². The first-order valence-electron chi connectivity index (χ1n) is 3.05. The molecule has 0 saturated carbocycles. The molecule has 0 amide bonds. The van der Waals surface area contributed by atoms with E-state index in [9.17, 15) is 4.79 Å². The lowest BCUT2D eigenvalue weighted by Crippen LogP contribution is -2.18. The molecular weight excluding hydrogens is 116 g/mol. The molecule has 0 bridgehead atoms. The molecule has 50 valence electrons. The second kappa shape index (κ2) is 2.78. The quantitative estimate of drug-likeness (QED) is 0.386. The molecule has 0 fully saturated rings. The van der Waals surface area contributed by atoms with Crippen LogP contribution in [0.4, 0.5) is 0 Å². The Hall–Kier alpha value is -0.630. The molecular formula is C7H10O2. The summed E-state index contributed by atoms with van der Waals surface area (Å²) in [5.74, 6) is 0. The number of carbonyl (C=O) groups excluding carboxylic acids is 1. The van der Waals surface area contributed by atoms with Gasteiger partial charge in [0.1, 0.15) is 12.4 Å². The highest BCUT2D eigenvalue weighted by Gasteiger charge is 2.10. The van der Waals surface area contributed by atoms with E-state index in [0.29, 0.717) is 6.61 Å². The minimum absolute atomic E-state index is 0.185. The first kappa shape index (κ1) is 6.49. The molecule has 0 N–H and O–H groups in total. The summed E-state index contributed by atoms with van der Waals surface area (Å²) in [6.07, 6.45) is 3.44. The molecule has 1 aliphatic heterocycles. The van der Waals surface area contributed by atoms with Gasteiger partial charge in [0.2, 0.25) is 0 Å². The van der Waals surface area contributed by atoms with E-state index in [4.69, 9.17) is 4.74 Å². The van der Waals surface area contributed by atoms with Crippen molar-refractivity contribution in [2.24, 2.45) is 0 Å². The summed E-state index contributed by atoms with van der Waals surface area (Å²) in [6.45, 7) is 2.61. The van der Waals surface area contributed by atoms with Crippen LogP contribution in [0.3, 0.4) is 0 Å². The van der Waals surface area contributed by atoms with Crippen molar-refractivity contribution >= 4 is 6.29 Å². The van der Waals surface area contributed by atoms with Crippen LogP contribution in [0.2, 0.25) is 0 Å². The Morgan fingerprint density at radius 1 is 1.89 bits per heavy atom. The zero-order valence-corrected chi connectivity index (χ0v) is 5.46. The van der Waals surface area contributed by atoms with E-state index in [-0.39, 0.29) is 6.10 Å². The van der Waals surface area contributed by atoms with E-state index in [1.54, 1.807) is 0 Å². The SMILES string of the molecule is CC1=CCO[C@@H](C=O)C1. The number of hydrogen-bond donors (Lipinski definition) is 0. The van der Waals surface area contributed by atoms with Crippen LogP contribution in [0.5, 0.6) is 0 Å². The number of rotatable bonds is 1. The highest BCUT2D eigenvalue weighted by atomic mass is 16.5. The van der Waals surface area contributed by atoms with Gasteiger partial charge >= 0.3 is 0 Å². The van der Waals surface area contributed by atoms with E-state index < -0.39 is 0 Å². The molecule has 0 spiro atoms. The predicted molar refractivity (Wildman–Crippen MR) is 34.2 cm³/mol. The summed E-state index contributed by atoms with van der Waals surface area (Å²) in [5, 5.41) is 0. The summed E-state index contributed by atoms with van der Waals surface area (Å²) in [7, 11) is 0. The Bertz CT molecular complexity index is 138. The molecule has 0 aliphatic carbocycles. The van der Waals surface area contributed by atoms with Crippen LogP contribution in [0.1, 0.15) is 13.3 Å². The summed E-state index contributed by atoms with van der Waals surface area (Å²) in [6, 6.07) is 0.